The Bertz CT molecular complexity index is 875. The molecule has 0 aliphatic carbocycles. The van der Waals surface area contributed by atoms with Gasteiger partial charge in [-0.05, 0) is 30.0 Å². The monoisotopic (exact) mass is 380 g/mol. The van der Waals surface area contributed by atoms with Crippen LogP contribution in [0, 0.1) is 0 Å². The molecule has 0 bridgehead atoms. The summed E-state index contributed by atoms with van der Waals surface area (Å²) in [5.41, 5.74) is 2.42. The van der Waals surface area contributed by atoms with E-state index in [0.717, 1.165) is 12.0 Å². The topological polar surface area (TPSA) is 79.7 Å². The van der Waals surface area contributed by atoms with Crippen LogP contribution in [0.2, 0.25) is 0 Å². The number of ether oxygens (including phenoxy) is 1. The Morgan fingerprint density at radius 2 is 1.96 bits per heavy atom. The molecule has 1 saturated heterocycles. The van der Waals surface area contributed by atoms with Crippen molar-refractivity contribution in [2.75, 3.05) is 20.3 Å². The zero-order chi connectivity index (χ0) is 20.1. The molecule has 1 aliphatic heterocycles. The molecule has 1 unspecified atom stereocenters. The number of aromatic nitrogens is 1. The van der Waals surface area contributed by atoms with Crippen LogP contribution in [-0.4, -0.2) is 46.9 Å². The largest absolute Gasteiger partial charge is 0.507 e. The number of rotatable bonds is 7. The van der Waals surface area contributed by atoms with Gasteiger partial charge in [-0.25, -0.2) is 0 Å². The quantitative estimate of drug-likeness (QED) is 0.346. The van der Waals surface area contributed by atoms with Crippen LogP contribution in [-0.2, 0) is 20.7 Å². The van der Waals surface area contributed by atoms with Gasteiger partial charge in [-0.15, -0.1) is 0 Å². The third kappa shape index (κ3) is 3.82. The molecule has 6 nitrogen and oxygen atoms in total. The number of pyridine rings is 1. The fraction of sp³-hybridized carbons (Fsp3) is 0.318. The first-order valence-corrected chi connectivity index (χ1v) is 9.35. The third-order valence-corrected chi connectivity index (χ3v) is 4.92. The maximum Gasteiger partial charge on any atom is 0.295 e. The number of ketones is 1. The Kier molecular flexibility index (Phi) is 6.21. The molecule has 1 N–H and O–H groups in total. The first-order chi connectivity index (χ1) is 13.6. The van der Waals surface area contributed by atoms with Crippen LogP contribution in [0.3, 0.4) is 0 Å². The number of carbonyl (C=O) groups excluding carboxylic acids is 2. The Morgan fingerprint density at radius 1 is 1.21 bits per heavy atom. The Hall–Kier alpha value is -2.99. The van der Waals surface area contributed by atoms with Gasteiger partial charge in [0.1, 0.15) is 5.76 Å². The SMILES string of the molecule is CCc1ccc(/C(O)=C2/C(=O)C(=O)N(CCCOC)C2c2cccnc2)cc1. The zero-order valence-electron chi connectivity index (χ0n) is 16.1. The van der Waals surface area contributed by atoms with E-state index in [-0.39, 0.29) is 11.3 Å². The first kappa shape index (κ1) is 19.8. The van der Waals surface area contributed by atoms with Gasteiger partial charge in [0.05, 0.1) is 11.6 Å². The Balaban J connectivity index is 2.07. The second kappa shape index (κ2) is 8.80. The molecular formula is C22H24N2O4. The van der Waals surface area contributed by atoms with Crippen molar-refractivity contribution < 1.29 is 19.4 Å². The molecule has 146 valence electrons. The molecular weight excluding hydrogens is 356 g/mol. The highest BCUT2D eigenvalue weighted by Crippen LogP contribution is 2.39. The van der Waals surface area contributed by atoms with Crippen molar-refractivity contribution in [1.82, 2.24) is 9.88 Å². The molecule has 2 heterocycles. The van der Waals surface area contributed by atoms with Crippen LogP contribution in [0.5, 0.6) is 0 Å². The van der Waals surface area contributed by atoms with Crippen molar-refractivity contribution in [1.29, 1.82) is 0 Å². The van der Waals surface area contributed by atoms with Crippen LogP contribution < -0.4 is 0 Å². The lowest BCUT2D eigenvalue weighted by molar-refractivity contribution is -0.140. The number of likely N-dealkylation sites (tertiary alicyclic amines) is 1. The van der Waals surface area contributed by atoms with Gasteiger partial charge in [-0.2, -0.15) is 0 Å². The van der Waals surface area contributed by atoms with Gasteiger partial charge in [0.15, 0.2) is 0 Å². The number of methoxy groups -OCH3 is 1. The summed E-state index contributed by atoms with van der Waals surface area (Å²) in [6, 6.07) is 10.2. The van der Waals surface area contributed by atoms with Crippen molar-refractivity contribution >= 4 is 17.4 Å². The fourth-order valence-corrected chi connectivity index (χ4v) is 3.43. The van der Waals surface area contributed by atoms with Crippen molar-refractivity contribution in [3.63, 3.8) is 0 Å². The average Bonchev–Trinajstić information content (AvgIpc) is 2.99. The first-order valence-electron chi connectivity index (χ1n) is 9.35. The van der Waals surface area contributed by atoms with Crippen molar-refractivity contribution in [2.45, 2.75) is 25.8 Å². The van der Waals surface area contributed by atoms with E-state index in [4.69, 9.17) is 4.74 Å². The number of hydrogen-bond acceptors (Lipinski definition) is 5. The highest BCUT2D eigenvalue weighted by molar-refractivity contribution is 6.46. The predicted octanol–water partition coefficient (Wildman–Crippen LogP) is 3.10. The fourth-order valence-electron chi connectivity index (χ4n) is 3.43. The smallest absolute Gasteiger partial charge is 0.295 e. The number of nitrogens with zero attached hydrogens (tertiary/aromatic N) is 2. The normalized spacial score (nSPS) is 18.6. The van der Waals surface area contributed by atoms with Crippen LogP contribution in [0.15, 0.2) is 54.4 Å². The lowest BCUT2D eigenvalue weighted by Crippen LogP contribution is -2.31. The molecule has 28 heavy (non-hydrogen) atoms. The number of hydrogen-bond donors (Lipinski definition) is 1. The van der Waals surface area contributed by atoms with E-state index >= 15 is 0 Å². The summed E-state index contributed by atoms with van der Waals surface area (Å²) in [5.74, 6) is -1.45. The maximum atomic E-state index is 12.8. The van der Waals surface area contributed by atoms with Crippen LogP contribution >= 0.6 is 0 Å². The van der Waals surface area contributed by atoms with Gasteiger partial charge < -0.3 is 14.7 Å². The van der Waals surface area contributed by atoms with Crippen molar-refractivity contribution in [3.05, 3.63) is 71.1 Å². The zero-order valence-corrected chi connectivity index (χ0v) is 16.1. The molecule has 3 rings (SSSR count). The molecule has 1 atom stereocenters. The molecule has 1 aromatic carbocycles. The molecule has 6 heteroatoms. The van der Waals surface area contributed by atoms with Gasteiger partial charge in [-0.3, -0.25) is 14.6 Å². The number of aryl methyl sites for hydroxylation is 1. The Morgan fingerprint density at radius 3 is 2.57 bits per heavy atom. The van der Waals surface area contributed by atoms with Crippen LogP contribution in [0.25, 0.3) is 5.76 Å². The van der Waals surface area contributed by atoms with Crippen LogP contribution in [0.4, 0.5) is 0 Å². The number of amides is 1. The summed E-state index contributed by atoms with van der Waals surface area (Å²) in [6.07, 6.45) is 4.71. The minimum atomic E-state index is -0.677. The molecule has 0 saturated carbocycles. The number of benzene rings is 1. The molecule has 0 spiro atoms. The average molecular weight is 380 g/mol. The number of carbonyl (C=O) groups is 2. The highest BCUT2D eigenvalue weighted by atomic mass is 16.5. The van der Waals surface area contributed by atoms with E-state index in [2.05, 4.69) is 4.98 Å². The molecule has 2 aromatic rings. The molecule has 0 radical (unpaired) electrons. The second-order valence-corrected chi connectivity index (χ2v) is 6.68. The highest BCUT2D eigenvalue weighted by Gasteiger charge is 2.45. The number of aliphatic hydroxyl groups excluding tert-OH is 1. The lowest BCUT2D eigenvalue weighted by Gasteiger charge is -2.25. The van der Waals surface area contributed by atoms with E-state index < -0.39 is 17.7 Å². The van der Waals surface area contributed by atoms with E-state index in [1.54, 1.807) is 43.8 Å². The summed E-state index contributed by atoms with van der Waals surface area (Å²) < 4.78 is 5.07. The molecule has 1 fully saturated rings. The third-order valence-electron chi connectivity index (χ3n) is 4.92. The van der Waals surface area contributed by atoms with Gasteiger partial charge in [0.25, 0.3) is 11.7 Å². The van der Waals surface area contributed by atoms with Crippen molar-refractivity contribution in [3.8, 4) is 0 Å². The van der Waals surface area contributed by atoms with Gasteiger partial charge in [0, 0.05) is 38.2 Å². The number of aliphatic hydroxyl groups is 1. The van der Waals surface area contributed by atoms with E-state index in [1.807, 2.05) is 19.1 Å². The van der Waals surface area contributed by atoms with Gasteiger partial charge in [-0.1, -0.05) is 37.3 Å². The lowest BCUT2D eigenvalue weighted by atomic mass is 9.96. The second-order valence-electron chi connectivity index (χ2n) is 6.68. The van der Waals surface area contributed by atoms with E-state index in [0.29, 0.717) is 30.7 Å². The molecule has 1 aliphatic rings. The molecule has 1 amide bonds. The summed E-state index contributed by atoms with van der Waals surface area (Å²) in [6.45, 7) is 2.87. The Labute approximate surface area is 164 Å². The predicted molar refractivity (Wildman–Crippen MR) is 106 cm³/mol. The van der Waals surface area contributed by atoms with Gasteiger partial charge >= 0.3 is 0 Å². The van der Waals surface area contributed by atoms with Crippen molar-refractivity contribution in [2.24, 2.45) is 0 Å². The van der Waals surface area contributed by atoms with E-state index in [9.17, 15) is 14.7 Å². The summed E-state index contributed by atoms with van der Waals surface area (Å²) in [7, 11) is 1.59. The standard InChI is InChI=1S/C22H24N2O4/c1-3-15-7-9-16(10-8-15)20(25)18-19(17-6-4-11-23-14-17)24(12-5-13-28-2)22(27)21(18)26/h4,6-11,14,19,25H,3,5,12-13H2,1-2H3/b20-18-. The van der Waals surface area contributed by atoms with Gasteiger partial charge in [0.2, 0.25) is 0 Å². The maximum absolute atomic E-state index is 12.8. The van der Waals surface area contributed by atoms with E-state index in [1.165, 1.54) is 4.90 Å². The molecule has 1 aromatic heterocycles. The number of Topliss-reactive ketones (excluding diaryl/α,β-unsaturated/α-hetero) is 1. The minimum Gasteiger partial charge on any atom is -0.507 e. The minimum absolute atomic E-state index is 0.0969. The summed E-state index contributed by atoms with van der Waals surface area (Å²) in [5, 5.41) is 10.9. The van der Waals surface area contributed by atoms with Crippen LogP contribution in [0.1, 0.15) is 36.1 Å². The summed E-state index contributed by atoms with van der Waals surface area (Å²) in [4.78, 5) is 31.1. The summed E-state index contributed by atoms with van der Waals surface area (Å²) >= 11 is 0.